The molecular formula is C42H53F2N9O5. The van der Waals surface area contributed by atoms with Gasteiger partial charge >= 0.3 is 0 Å². The zero-order chi connectivity index (χ0) is 39.5. The molecule has 6 aliphatic rings. The van der Waals surface area contributed by atoms with Gasteiger partial charge in [0.25, 0.3) is 12.3 Å². The Bertz CT molecular complexity index is 2130. The minimum atomic E-state index is -2.68. The Hall–Kier alpha value is -4.41. The van der Waals surface area contributed by atoms with Crippen molar-refractivity contribution in [1.29, 1.82) is 0 Å². The number of likely N-dealkylation sites (tertiary alicyclic amines) is 1. The number of carbonyl (C=O) groups excluding carboxylic acids is 2. The number of aromatic nitrogens is 6. The van der Waals surface area contributed by atoms with E-state index in [0.29, 0.717) is 43.6 Å². The zero-order valence-corrected chi connectivity index (χ0v) is 33.1. The summed E-state index contributed by atoms with van der Waals surface area (Å²) in [4.78, 5) is 29.1. The smallest absolute Gasteiger partial charge is 0.284 e. The number of amides is 2. The lowest BCUT2D eigenvalue weighted by Gasteiger charge is -2.41. The van der Waals surface area contributed by atoms with Crippen LogP contribution in [0.1, 0.15) is 101 Å². The number of nitrogens with zero attached hydrogens (tertiary/aromatic N) is 8. The van der Waals surface area contributed by atoms with Crippen LogP contribution in [-0.2, 0) is 19.1 Å². The van der Waals surface area contributed by atoms with E-state index in [0.717, 1.165) is 112 Å². The van der Waals surface area contributed by atoms with Gasteiger partial charge in [-0.15, -0.1) is 0 Å². The van der Waals surface area contributed by atoms with Gasteiger partial charge in [0.05, 0.1) is 72.6 Å². The van der Waals surface area contributed by atoms with Crippen molar-refractivity contribution >= 4 is 28.5 Å². The number of fused-ring (bicyclic) bond motifs is 3. The average Bonchev–Trinajstić information content (AvgIpc) is 4.06. The Morgan fingerprint density at radius 1 is 0.948 bits per heavy atom. The van der Waals surface area contributed by atoms with Gasteiger partial charge in [-0.1, -0.05) is 6.07 Å². The molecule has 10 rings (SSSR count). The van der Waals surface area contributed by atoms with Gasteiger partial charge in [-0.25, -0.2) is 13.5 Å². The van der Waals surface area contributed by atoms with Gasteiger partial charge < -0.3 is 24.0 Å². The van der Waals surface area contributed by atoms with Crippen molar-refractivity contribution in [2.45, 2.75) is 120 Å². The van der Waals surface area contributed by atoms with Gasteiger partial charge in [-0.05, 0) is 95.1 Å². The molecule has 1 aromatic carbocycles. The maximum absolute atomic E-state index is 14.3. The van der Waals surface area contributed by atoms with Crippen LogP contribution >= 0.6 is 0 Å². The lowest BCUT2D eigenvalue weighted by molar-refractivity contribution is -0.135. The zero-order valence-electron chi connectivity index (χ0n) is 33.1. The standard InChI is InChI=1S/C42H53F2N9O5/c1-25-39-33(52(47-25)34-9-10-37(54)46-42(34)55)3-2-4-36(39)57-23-27-17-31(18-27)58-30-12-15-49(16-13-30)20-26-5-7-28(8-6-26)51-22-35(40(48-51)41(43)44)53-38(11-14-45-53)50-21-32-19-29(50)24-56-32/h2-4,11,14,22,26-32,34,41H,5-10,12-13,15-21,23-24H2,1H3,(H,46,54,55)/t26?,27?,28?,29-,31?,32-,34+/m1/s1. The quantitative estimate of drug-likeness (QED) is 0.178. The van der Waals surface area contributed by atoms with E-state index in [1.165, 1.54) is 0 Å². The number of anilines is 1. The number of alkyl halides is 2. The third kappa shape index (κ3) is 7.29. The third-order valence-corrected chi connectivity index (χ3v) is 13.7. The van der Waals surface area contributed by atoms with Crippen LogP contribution in [0.2, 0.25) is 0 Å². The molecule has 6 fully saturated rings. The SMILES string of the molecule is Cc1nn([C@H]2CCC(=O)NC2=O)c2cccc(OCC3CC(OC4CCN(CC5CCC(n6cc(-n7nccc7N7C[C@H]8C[C@@H]7CO8)c(C(F)F)n6)CC5)CC4)C3)c12. The molecule has 0 spiro atoms. The highest BCUT2D eigenvalue weighted by Crippen LogP contribution is 2.39. The maximum Gasteiger partial charge on any atom is 0.284 e. The third-order valence-electron chi connectivity index (χ3n) is 13.7. The molecule has 4 saturated heterocycles. The Morgan fingerprint density at radius 2 is 1.78 bits per heavy atom. The van der Waals surface area contributed by atoms with Crippen molar-refractivity contribution in [1.82, 2.24) is 39.6 Å². The number of benzene rings is 1. The number of imide groups is 1. The Kier molecular flexibility index (Phi) is 10.2. The van der Waals surface area contributed by atoms with Crippen molar-refractivity contribution in [3.8, 4) is 11.4 Å². The number of morpholine rings is 1. The number of ether oxygens (including phenoxy) is 3. The van der Waals surface area contributed by atoms with Gasteiger partial charge in [0.15, 0.2) is 5.69 Å². The highest BCUT2D eigenvalue weighted by atomic mass is 19.3. The Labute approximate surface area is 336 Å². The van der Waals surface area contributed by atoms with E-state index in [1.54, 1.807) is 26.4 Å². The molecule has 7 heterocycles. The van der Waals surface area contributed by atoms with E-state index in [1.807, 2.05) is 31.2 Å². The van der Waals surface area contributed by atoms with E-state index >= 15 is 0 Å². The maximum atomic E-state index is 14.3. The molecule has 14 nitrogen and oxygen atoms in total. The monoisotopic (exact) mass is 801 g/mol. The van der Waals surface area contributed by atoms with E-state index in [9.17, 15) is 18.4 Å². The average molecular weight is 802 g/mol. The summed E-state index contributed by atoms with van der Waals surface area (Å²) in [7, 11) is 0. The van der Waals surface area contributed by atoms with Gasteiger partial charge in [0.2, 0.25) is 5.91 Å². The van der Waals surface area contributed by atoms with Crippen LogP contribution in [0.3, 0.4) is 0 Å². The molecule has 58 heavy (non-hydrogen) atoms. The van der Waals surface area contributed by atoms with E-state index in [-0.39, 0.29) is 47.9 Å². The van der Waals surface area contributed by atoms with Crippen LogP contribution in [0, 0.1) is 18.8 Å². The number of hydrogen-bond acceptors (Lipinski definition) is 10. The first-order valence-corrected chi connectivity index (χ1v) is 21.4. The first-order chi connectivity index (χ1) is 28.2. The topological polar surface area (TPSA) is 134 Å². The van der Waals surface area contributed by atoms with Gasteiger partial charge in [0.1, 0.15) is 23.3 Å². The predicted molar refractivity (Wildman–Crippen MR) is 209 cm³/mol. The fourth-order valence-corrected chi connectivity index (χ4v) is 10.5. The number of nitrogens with one attached hydrogen (secondary N) is 1. The van der Waals surface area contributed by atoms with Crippen LogP contribution in [0.4, 0.5) is 14.6 Å². The number of rotatable bonds is 12. The highest BCUT2D eigenvalue weighted by molar-refractivity contribution is 6.00. The van der Waals surface area contributed by atoms with E-state index < -0.39 is 12.5 Å². The van der Waals surface area contributed by atoms with Crippen LogP contribution in [0.15, 0.2) is 36.7 Å². The second kappa shape index (κ2) is 15.6. The molecule has 4 aliphatic heterocycles. The molecule has 4 aromatic rings. The summed E-state index contributed by atoms with van der Waals surface area (Å²) in [6.45, 7) is 7.11. The second-order valence-corrected chi connectivity index (χ2v) is 17.5. The lowest BCUT2D eigenvalue weighted by atomic mass is 9.82. The van der Waals surface area contributed by atoms with E-state index in [4.69, 9.17) is 14.2 Å². The predicted octanol–water partition coefficient (Wildman–Crippen LogP) is 5.69. The number of piperidine rings is 2. The van der Waals surface area contributed by atoms with Gasteiger partial charge in [0, 0.05) is 38.7 Å². The van der Waals surface area contributed by atoms with Crippen molar-refractivity contribution in [3.63, 3.8) is 0 Å². The van der Waals surface area contributed by atoms with Crippen molar-refractivity contribution in [3.05, 3.63) is 48.0 Å². The molecule has 2 bridgehead atoms. The summed E-state index contributed by atoms with van der Waals surface area (Å²) in [6.07, 6.45) is 11.3. The fraction of sp³-hybridized carbons (Fsp3) is 0.643. The minimum absolute atomic E-state index is 0.107. The first kappa shape index (κ1) is 37.8. The van der Waals surface area contributed by atoms with Gasteiger partial charge in [-0.3, -0.25) is 24.3 Å². The van der Waals surface area contributed by atoms with Crippen molar-refractivity contribution < 1.29 is 32.6 Å². The molecule has 3 atom stereocenters. The summed E-state index contributed by atoms with van der Waals surface area (Å²) in [5.74, 6) is 2.08. The lowest BCUT2D eigenvalue weighted by Crippen LogP contribution is -2.43. The molecule has 3 aromatic heterocycles. The van der Waals surface area contributed by atoms with Crippen LogP contribution in [-0.4, -0.2) is 110 Å². The Morgan fingerprint density at radius 3 is 2.52 bits per heavy atom. The van der Waals surface area contributed by atoms with Crippen LogP contribution < -0.4 is 15.0 Å². The molecule has 2 amide bonds. The van der Waals surface area contributed by atoms with Crippen molar-refractivity contribution in [2.75, 3.05) is 44.3 Å². The minimum Gasteiger partial charge on any atom is -0.493 e. The largest absolute Gasteiger partial charge is 0.493 e. The summed E-state index contributed by atoms with van der Waals surface area (Å²) < 4.78 is 52.5. The molecule has 2 saturated carbocycles. The first-order valence-electron chi connectivity index (χ1n) is 21.4. The van der Waals surface area contributed by atoms with Crippen LogP contribution in [0.5, 0.6) is 5.75 Å². The number of halogens is 2. The Balaban J connectivity index is 0.661. The molecule has 0 radical (unpaired) electrons. The molecule has 0 unspecified atom stereocenters. The highest BCUT2D eigenvalue weighted by Gasteiger charge is 2.41. The van der Waals surface area contributed by atoms with Crippen molar-refractivity contribution in [2.24, 2.45) is 11.8 Å². The number of hydrogen-bond donors (Lipinski definition) is 1. The molecule has 2 aliphatic carbocycles. The van der Waals surface area contributed by atoms with E-state index in [2.05, 4.69) is 30.4 Å². The molecular weight excluding hydrogens is 749 g/mol. The molecule has 1 N–H and O–H groups in total. The second-order valence-electron chi connectivity index (χ2n) is 17.5. The number of carbonyl (C=O) groups is 2. The summed E-state index contributed by atoms with van der Waals surface area (Å²) >= 11 is 0. The summed E-state index contributed by atoms with van der Waals surface area (Å²) in [5.41, 5.74) is 1.82. The molecule has 310 valence electrons. The number of aryl methyl sites for hydroxylation is 1. The summed E-state index contributed by atoms with van der Waals surface area (Å²) in [5, 5.41) is 17.0. The van der Waals surface area contributed by atoms with Crippen LogP contribution in [0.25, 0.3) is 16.6 Å². The normalized spacial score (nSPS) is 29.4. The molecule has 16 heteroatoms. The fourth-order valence-electron chi connectivity index (χ4n) is 10.5. The van der Waals surface area contributed by atoms with Gasteiger partial charge in [-0.2, -0.15) is 15.3 Å². The summed E-state index contributed by atoms with van der Waals surface area (Å²) in [6, 6.07) is 7.61.